The van der Waals surface area contributed by atoms with Gasteiger partial charge in [-0.1, -0.05) is 6.42 Å². The van der Waals surface area contributed by atoms with Gasteiger partial charge in [0, 0.05) is 18.3 Å². The van der Waals surface area contributed by atoms with Crippen LogP contribution in [0.2, 0.25) is 0 Å². The molecular weight excluding hydrogens is 306 g/mol. The highest BCUT2D eigenvalue weighted by Crippen LogP contribution is 2.31. The molecule has 132 valence electrons. The number of aromatic nitrogens is 2. The summed E-state index contributed by atoms with van der Waals surface area (Å²) in [5, 5.41) is 16.3. The van der Waals surface area contributed by atoms with Gasteiger partial charge in [0.15, 0.2) is 0 Å². The van der Waals surface area contributed by atoms with Crippen molar-refractivity contribution in [2.45, 2.75) is 70.1 Å². The molecule has 7 nitrogen and oxygen atoms in total. The highest BCUT2D eigenvalue weighted by molar-refractivity contribution is 5.97. The molecule has 7 heteroatoms. The third kappa shape index (κ3) is 3.95. The van der Waals surface area contributed by atoms with Crippen LogP contribution >= 0.6 is 0 Å². The van der Waals surface area contributed by atoms with E-state index in [1.54, 1.807) is 0 Å². The van der Waals surface area contributed by atoms with Gasteiger partial charge in [-0.2, -0.15) is 4.98 Å². The molecule has 2 aliphatic carbocycles. The van der Waals surface area contributed by atoms with Gasteiger partial charge < -0.3 is 21.5 Å². The quantitative estimate of drug-likeness (QED) is 0.632. The maximum absolute atomic E-state index is 11.6. The first-order chi connectivity index (χ1) is 11.5. The number of rotatable bonds is 6. The maximum Gasteiger partial charge on any atom is 0.254 e. The van der Waals surface area contributed by atoms with Crippen molar-refractivity contribution >= 4 is 17.7 Å². The number of carbonyl (C=O) groups excluding carboxylic acids is 1. The van der Waals surface area contributed by atoms with E-state index in [4.69, 9.17) is 5.73 Å². The van der Waals surface area contributed by atoms with E-state index in [1.807, 2.05) is 0 Å². The summed E-state index contributed by atoms with van der Waals surface area (Å²) in [4.78, 5) is 20.4. The summed E-state index contributed by atoms with van der Waals surface area (Å²) in [7, 11) is 0. The Morgan fingerprint density at radius 1 is 1.29 bits per heavy atom. The van der Waals surface area contributed by atoms with Gasteiger partial charge in [-0.25, -0.2) is 4.98 Å². The maximum atomic E-state index is 11.6. The molecule has 2 fully saturated rings. The van der Waals surface area contributed by atoms with Crippen LogP contribution in [0.3, 0.4) is 0 Å². The molecule has 0 bridgehead atoms. The summed E-state index contributed by atoms with van der Waals surface area (Å²) in [5.74, 6) is 1.11. The Kier molecular flexibility index (Phi) is 5.18. The second-order valence-electron chi connectivity index (χ2n) is 7.09. The topological polar surface area (TPSA) is 113 Å². The van der Waals surface area contributed by atoms with Crippen LogP contribution in [0.25, 0.3) is 0 Å². The second kappa shape index (κ2) is 7.34. The van der Waals surface area contributed by atoms with E-state index in [2.05, 4.69) is 27.5 Å². The monoisotopic (exact) mass is 333 g/mol. The Bertz CT molecular complexity index is 582. The van der Waals surface area contributed by atoms with Crippen molar-refractivity contribution in [3.05, 3.63) is 11.8 Å². The zero-order valence-electron chi connectivity index (χ0n) is 14.2. The minimum Gasteiger partial charge on any atom is -0.393 e. The fourth-order valence-corrected chi connectivity index (χ4v) is 3.42. The lowest BCUT2D eigenvalue weighted by Crippen LogP contribution is -2.33. The number of hydrogen-bond acceptors (Lipinski definition) is 6. The summed E-state index contributed by atoms with van der Waals surface area (Å²) < 4.78 is 0. The number of anilines is 2. The first-order valence-corrected chi connectivity index (χ1v) is 8.91. The standard InChI is InChI=1S/C17H27N5O2/c1-10(11-3-2-4-11)20-16-14(15(18)24)9-19-17(22-16)21-12-5-7-13(23)8-6-12/h9-13,23H,2-8H2,1H3,(H2,18,24)(H2,19,20,21,22)/t10?,12-,13-. The molecule has 2 aliphatic rings. The molecule has 0 saturated heterocycles. The minimum absolute atomic E-state index is 0.193. The van der Waals surface area contributed by atoms with E-state index >= 15 is 0 Å². The fourth-order valence-electron chi connectivity index (χ4n) is 3.42. The number of aliphatic hydroxyl groups is 1. The van der Waals surface area contributed by atoms with Crippen LogP contribution in [0.15, 0.2) is 6.20 Å². The van der Waals surface area contributed by atoms with Crippen LogP contribution in [0, 0.1) is 5.92 Å². The van der Waals surface area contributed by atoms with Crippen LogP contribution in [-0.4, -0.2) is 39.2 Å². The van der Waals surface area contributed by atoms with Crippen molar-refractivity contribution in [3.63, 3.8) is 0 Å². The van der Waals surface area contributed by atoms with Gasteiger partial charge in [0.2, 0.25) is 5.95 Å². The van der Waals surface area contributed by atoms with Crippen molar-refractivity contribution in [1.29, 1.82) is 0 Å². The molecule has 0 aromatic carbocycles. The highest BCUT2D eigenvalue weighted by Gasteiger charge is 2.26. The summed E-state index contributed by atoms with van der Waals surface area (Å²) >= 11 is 0. The van der Waals surface area contributed by atoms with E-state index < -0.39 is 5.91 Å². The van der Waals surface area contributed by atoms with Crippen molar-refractivity contribution in [3.8, 4) is 0 Å². The molecule has 2 saturated carbocycles. The lowest BCUT2D eigenvalue weighted by molar-refractivity contribution is 0.1000. The van der Waals surface area contributed by atoms with Gasteiger partial charge in [-0.05, 0) is 51.4 Å². The summed E-state index contributed by atoms with van der Waals surface area (Å²) in [6.45, 7) is 2.12. The molecule has 1 heterocycles. The van der Waals surface area contributed by atoms with Crippen molar-refractivity contribution in [2.75, 3.05) is 10.6 Å². The van der Waals surface area contributed by atoms with Crippen LogP contribution in [0.4, 0.5) is 11.8 Å². The van der Waals surface area contributed by atoms with Gasteiger partial charge in [0.1, 0.15) is 5.82 Å². The Morgan fingerprint density at radius 2 is 2.00 bits per heavy atom. The van der Waals surface area contributed by atoms with Gasteiger partial charge >= 0.3 is 0 Å². The van der Waals surface area contributed by atoms with Gasteiger partial charge in [0.05, 0.1) is 11.7 Å². The number of nitrogens with two attached hydrogens (primary N) is 1. The third-order valence-corrected chi connectivity index (χ3v) is 5.31. The molecule has 0 radical (unpaired) electrons. The van der Waals surface area contributed by atoms with Crippen molar-refractivity contribution < 1.29 is 9.90 Å². The second-order valence-corrected chi connectivity index (χ2v) is 7.09. The molecule has 1 unspecified atom stereocenters. The molecule has 0 spiro atoms. The third-order valence-electron chi connectivity index (χ3n) is 5.31. The largest absolute Gasteiger partial charge is 0.393 e. The summed E-state index contributed by atoms with van der Waals surface area (Å²) in [6.07, 6.45) is 8.35. The molecular formula is C17H27N5O2. The highest BCUT2D eigenvalue weighted by atomic mass is 16.3. The molecule has 1 amide bonds. The lowest BCUT2D eigenvalue weighted by Gasteiger charge is -2.32. The molecule has 5 N–H and O–H groups in total. The predicted octanol–water partition coefficient (Wildman–Crippen LogP) is 1.89. The van der Waals surface area contributed by atoms with E-state index in [-0.39, 0.29) is 18.2 Å². The zero-order chi connectivity index (χ0) is 17.1. The van der Waals surface area contributed by atoms with Crippen LogP contribution in [0.5, 0.6) is 0 Å². The molecule has 1 aromatic rings. The summed E-state index contributed by atoms with van der Waals surface area (Å²) in [6, 6.07) is 0.508. The first-order valence-electron chi connectivity index (χ1n) is 8.91. The lowest BCUT2D eigenvalue weighted by atomic mass is 9.80. The van der Waals surface area contributed by atoms with Gasteiger partial charge in [-0.15, -0.1) is 0 Å². The van der Waals surface area contributed by atoms with E-state index in [1.165, 1.54) is 25.5 Å². The SMILES string of the molecule is CC(Nc1nc(N[C@H]2CC[C@H](O)CC2)ncc1C(N)=O)C1CCC1. The van der Waals surface area contributed by atoms with Crippen LogP contribution < -0.4 is 16.4 Å². The first kappa shape index (κ1) is 17.0. The van der Waals surface area contributed by atoms with Crippen molar-refractivity contribution in [1.82, 2.24) is 9.97 Å². The zero-order valence-corrected chi connectivity index (χ0v) is 14.2. The number of aliphatic hydroxyl groups excluding tert-OH is 1. The van der Waals surface area contributed by atoms with E-state index in [9.17, 15) is 9.90 Å². The minimum atomic E-state index is -0.523. The Balaban J connectivity index is 1.71. The number of carbonyl (C=O) groups is 1. The molecule has 0 aliphatic heterocycles. The van der Waals surface area contributed by atoms with Gasteiger partial charge in [-0.3, -0.25) is 4.79 Å². The average molecular weight is 333 g/mol. The van der Waals surface area contributed by atoms with Crippen LogP contribution in [-0.2, 0) is 0 Å². The molecule has 24 heavy (non-hydrogen) atoms. The van der Waals surface area contributed by atoms with Crippen molar-refractivity contribution in [2.24, 2.45) is 11.7 Å². The van der Waals surface area contributed by atoms with Gasteiger partial charge in [0.25, 0.3) is 5.91 Å². The molecule has 3 rings (SSSR count). The normalized spacial score (nSPS) is 25.6. The summed E-state index contributed by atoms with van der Waals surface area (Å²) in [5.41, 5.74) is 5.78. The van der Waals surface area contributed by atoms with E-state index in [0.29, 0.717) is 23.2 Å². The number of hydrogen-bond donors (Lipinski definition) is 4. The smallest absolute Gasteiger partial charge is 0.254 e. The number of nitrogens with one attached hydrogen (secondary N) is 2. The Labute approximate surface area is 142 Å². The number of nitrogens with zero attached hydrogens (tertiary/aromatic N) is 2. The Morgan fingerprint density at radius 3 is 2.58 bits per heavy atom. The number of primary amides is 1. The fraction of sp³-hybridized carbons (Fsp3) is 0.706. The molecule has 1 atom stereocenters. The number of amides is 1. The van der Waals surface area contributed by atoms with E-state index in [0.717, 1.165) is 25.7 Å². The average Bonchev–Trinajstić information content (AvgIpc) is 2.47. The Hall–Kier alpha value is -1.89. The van der Waals surface area contributed by atoms with Crippen LogP contribution in [0.1, 0.15) is 62.2 Å². The predicted molar refractivity (Wildman–Crippen MR) is 92.9 cm³/mol. The molecule has 1 aromatic heterocycles.